The summed E-state index contributed by atoms with van der Waals surface area (Å²) in [5.74, 6) is -0.167. The molecular weight excluding hydrogens is 264 g/mol. The zero-order valence-corrected chi connectivity index (χ0v) is 11.3. The van der Waals surface area contributed by atoms with Crippen LogP contribution >= 0.6 is 11.6 Å². The Kier molecular flexibility index (Phi) is 3.19. The summed E-state index contributed by atoms with van der Waals surface area (Å²) in [5.41, 5.74) is 0.558. The minimum atomic E-state index is -0.209. The van der Waals surface area contributed by atoms with Gasteiger partial charge in [-0.05, 0) is 31.0 Å². The number of halogens is 1. The van der Waals surface area contributed by atoms with Gasteiger partial charge in [-0.2, -0.15) is 0 Å². The second-order valence-corrected chi connectivity index (χ2v) is 5.49. The van der Waals surface area contributed by atoms with Crippen LogP contribution in [0.1, 0.15) is 25.7 Å². The third-order valence-corrected chi connectivity index (χ3v) is 4.06. The van der Waals surface area contributed by atoms with E-state index in [2.05, 4.69) is 0 Å². The van der Waals surface area contributed by atoms with Crippen LogP contribution < -0.4 is 4.90 Å². The summed E-state index contributed by atoms with van der Waals surface area (Å²) in [6.45, 7) is 0.190. The van der Waals surface area contributed by atoms with Gasteiger partial charge in [-0.25, -0.2) is 9.69 Å². The first kappa shape index (κ1) is 12.5. The van der Waals surface area contributed by atoms with Gasteiger partial charge < -0.3 is 4.90 Å². The van der Waals surface area contributed by atoms with Crippen molar-refractivity contribution in [2.75, 3.05) is 11.4 Å². The number of rotatable bonds is 2. The van der Waals surface area contributed by atoms with Gasteiger partial charge in [0.25, 0.3) is 5.91 Å². The summed E-state index contributed by atoms with van der Waals surface area (Å²) < 4.78 is 0. The van der Waals surface area contributed by atoms with Crippen LogP contribution in [0.4, 0.5) is 10.5 Å². The molecule has 5 heteroatoms. The molecule has 3 amide bonds. The largest absolute Gasteiger partial charge is 0.332 e. The molecule has 1 heterocycles. The summed E-state index contributed by atoms with van der Waals surface area (Å²) in [6, 6.07) is 6.87. The van der Waals surface area contributed by atoms with E-state index in [4.69, 9.17) is 11.6 Å². The maximum Gasteiger partial charge on any atom is 0.332 e. The molecule has 1 saturated heterocycles. The monoisotopic (exact) mass is 278 g/mol. The summed E-state index contributed by atoms with van der Waals surface area (Å²) in [7, 11) is 0. The predicted molar refractivity (Wildman–Crippen MR) is 73.3 cm³/mol. The number of nitrogens with zero attached hydrogens (tertiary/aromatic N) is 2. The highest BCUT2D eigenvalue weighted by molar-refractivity contribution is 6.31. The molecule has 19 heavy (non-hydrogen) atoms. The number of hydrogen-bond acceptors (Lipinski definition) is 2. The zero-order chi connectivity index (χ0) is 13.4. The van der Waals surface area contributed by atoms with Crippen molar-refractivity contribution in [3.8, 4) is 0 Å². The summed E-state index contributed by atoms with van der Waals surface area (Å²) >= 11 is 5.92. The molecule has 1 aromatic carbocycles. The number of carbonyl (C=O) groups is 2. The summed E-state index contributed by atoms with van der Waals surface area (Å²) in [5, 5.41) is 0.525. The first-order chi connectivity index (χ1) is 9.16. The van der Waals surface area contributed by atoms with Crippen molar-refractivity contribution < 1.29 is 9.59 Å². The number of urea groups is 1. The molecule has 1 aliphatic carbocycles. The predicted octanol–water partition coefficient (Wildman–Crippen LogP) is 3.05. The highest BCUT2D eigenvalue weighted by atomic mass is 35.5. The van der Waals surface area contributed by atoms with Gasteiger partial charge in [0, 0.05) is 11.1 Å². The van der Waals surface area contributed by atoms with Crippen LogP contribution in [0.3, 0.4) is 0 Å². The van der Waals surface area contributed by atoms with E-state index < -0.39 is 0 Å². The number of benzene rings is 1. The van der Waals surface area contributed by atoms with Crippen molar-refractivity contribution in [2.45, 2.75) is 31.7 Å². The maximum absolute atomic E-state index is 12.4. The lowest BCUT2D eigenvalue weighted by Gasteiger charge is -2.22. The van der Waals surface area contributed by atoms with E-state index in [1.165, 1.54) is 4.90 Å². The highest BCUT2D eigenvalue weighted by Gasteiger charge is 2.41. The van der Waals surface area contributed by atoms with Crippen LogP contribution in [-0.2, 0) is 4.79 Å². The van der Waals surface area contributed by atoms with Gasteiger partial charge in [0.05, 0.1) is 5.69 Å². The molecule has 100 valence electrons. The fourth-order valence-electron chi connectivity index (χ4n) is 2.89. The number of anilines is 1. The van der Waals surface area contributed by atoms with Gasteiger partial charge in [0.15, 0.2) is 0 Å². The first-order valence-corrected chi connectivity index (χ1v) is 6.94. The summed E-state index contributed by atoms with van der Waals surface area (Å²) in [6.07, 6.45) is 4.28. The van der Waals surface area contributed by atoms with Crippen LogP contribution in [0.15, 0.2) is 24.3 Å². The molecule has 0 unspecified atom stereocenters. The minimum Gasteiger partial charge on any atom is -0.312 e. The Labute approximate surface area is 116 Å². The SMILES string of the molecule is O=C1CN(C2CCCC2)C(=O)N1c1cccc(Cl)c1. The smallest absolute Gasteiger partial charge is 0.312 e. The van der Waals surface area contributed by atoms with E-state index in [0.29, 0.717) is 10.7 Å². The molecule has 1 aromatic rings. The van der Waals surface area contributed by atoms with Gasteiger partial charge in [0.1, 0.15) is 6.54 Å². The lowest BCUT2D eigenvalue weighted by Crippen LogP contribution is -2.38. The van der Waals surface area contributed by atoms with E-state index in [9.17, 15) is 9.59 Å². The fraction of sp³-hybridized carbons (Fsp3) is 0.429. The molecular formula is C14H15ClN2O2. The third kappa shape index (κ3) is 2.21. The average Bonchev–Trinajstić information content (AvgIpc) is 2.97. The topological polar surface area (TPSA) is 40.6 Å². The lowest BCUT2D eigenvalue weighted by molar-refractivity contribution is -0.116. The van der Waals surface area contributed by atoms with Crippen molar-refractivity contribution >= 4 is 29.2 Å². The molecule has 1 aliphatic heterocycles. The number of amides is 3. The maximum atomic E-state index is 12.4. The van der Waals surface area contributed by atoms with Gasteiger partial charge in [-0.15, -0.1) is 0 Å². The quantitative estimate of drug-likeness (QED) is 0.780. The van der Waals surface area contributed by atoms with Crippen LogP contribution in [0, 0.1) is 0 Å². The standard InChI is InChI=1S/C14H15ClN2O2/c15-10-4-3-7-12(8-10)17-13(18)9-16(14(17)19)11-5-1-2-6-11/h3-4,7-8,11H,1-2,5-6,9H2. The van der Waals surface area contributed by atoms with Crippen LogP contribution in [0.25, 0.3) is 0 Å². The Morgan fingerprint density at radius 1 is 1.16 bits per heavy atom. The van der Waals surface area contributed by atoms with Crippen molar-refractivity contribution in [3.63, 3.8) is 0 Å². The van der Waals surface area contributed by atoms with E-state index in [0.717, 1.165) is 25.7 Å². The molecule has 0 N–H and O–H groups in total. The molecule has 0 radical (unpaired) electrons. The van der Waals surface area contributed by atoms with Crippen LogP contribution in [0.5, 0.6) is 0 Å². The molecule has 0 bridgehead atoms. The van der Waals surface area contributed by atoms with E-state index in [1.807, 2.05) is 0 Å². The highest BCUT2D eigenvalue weighted by Crippen LogP contribution is 2.30. The van der Waals surface area contributed by atoms with Crippen molar-refractivity contribution in [1.82, 2.24) is 4.90 Å². The first-order valence-electron chi connectivity index (χ1n) is 6.56. The van der Waals surface area contributed by atoms with Gasteiger partial charge >= 0.3 is 6.03 Å². The van der Waals surface area contributed by atoms with Crippen LogP contribution in [0.2, 0.25) is 5.02 Å². The average molecular weight is 279 g/mol. The lowest BCUT2D eigenvalue weighted by atomic mass is 10.2. The molecule has 2 aliphatic rings. The Balaban J connectivity index is 1.86. The normalized spacial score (nSPS) is 20.7. The molecule has 2 fully saturated rings. The molecule has 0 aromatic heterocycles. The second-order valence-electron chi connectivity index (χ2n) is 5.06. The molecule has 3 rings (SSSR count). The Hall–Kier alpha value is -1.55. The summed E-state index contributed by atoms with van der Waals surface area (Å²) in [4.78, 5) is 27.4. The van der Waals surface area contributed by atoms with Crippen molar-refractivity contribution in [3.05, 3.63) is 29.3 Å². The van der Waals surface area contributed by atoms with E-state index in [1.54, 1.807) is 29.2 Å². The van der Waals surface area contributed by atoms with Crippen molar-refractivity contribution in [1.29, 1.82) is 0 Å². The Bertz CT molecular complexity index is 526. The van der Waals surface area contributed by atoms with Gasteiger partial charge in [0.2, 0.25) is 0 Å². The minimum absolute atomic E-state index is 0.167. The molecule has 0 spiro atoms. The van der Waals surface area contributed by atoms with Crippen LogP contribution in [-0.4, -0.2) is 29.4 Å². The van der Waals surface area contributed by atoms with E-state index in [-0.39, 0.29) is 24.5 Å². The van der Waals surface area contributed by atoms with Gasteiger partial charge in [-0.3, -0.25) is 4.79 Å². The Morgan fingerprint density at radius 3 is 2.58 bits per heavy atom. The number of imide groups is 1. The molecule has 1 saturated carbocycles. The number of hydrogen-bond donors (Lipinski definition) is 0. The van der Waals surface area contributed by atoms with Gasteiger partial charge in [-0.1, -0.05) is 30.5 Å². The third-order valence-electron chi connectivity index (χ3n) is 3.82. The van der Waals surface area contributed by atoms with E-state index >= 15 is 0 Å². The fourth-order valence-corrected chi connectivity index (χ4v) is 3.07. The Morgan fingerprint density at radius 2 is 1.89 bits per heavy atom. The molecule has 4 nitrogen and oxygen atoms in total. The number of carbonyl (C=O) groups excluding carboxylic acids is 2. The molecule has 0 atom stereocenters. The second kappa shape index (κ2) is 4.85. The zero-order valence-electron chi connectivity index (χ0n) is 10.5. The van der Waals surface area contributed by atoms with Crippen molar-refractivity contribution in [2.24, 2.45) is 0 Å².